The van der Waals surface area contributed by atoms with Gasteiger partial charge in [-0.25, -0.2) is 0 Å². The second-order valence-corrected chi connectivity index (χ2v) is 4.09. The summed E-state index contributed by atoms with van der Waals surface area (Å²) < 4.78 is 42.3. The Labute approximate surface area is 91.3 Å². The molecule has 0 aromatic rings. The van der Waals surface area contributed by atoms with Crippen LogP contribution < -0.4 is 11.1 Å². The summed E-state index contributed by atoms with van der Waals surface area (Å²) in [6.45, 7) is 1.47. The van der Waals surface area contributed by atoms with E-state index < -0.39 is 17.6 Å². The lowest BCUT2D eigenvalue weighted by Gasteiger charge is -2.30. The standard InChI is InChI=1S/C9H15F3N2O2/c1-8(13,9(10,11)12)7(15)14-6-3-2-4-16-5-6/h6H,2-5,13H2,1H3,(H,14,15). The van der Waals surface area contributed by atoms with E-state index in [-0.39, 0.29) is 12.6 Å². The molecule has 0 aliphatic carbocycles. The summed E-state index contributed by atoms with van der Waals surface area (Å²) >= 11 is 0. The van der Waals surface area contributed by atoms with Gasteiger partial charge in [0.05, 0.1) is 12.6 Å². The van der Waals surface area contributed by atoms with Crippen LogP contribution >= 0.6 is 0 Å². The molecule has 1 rings (SSSR count). The molecule has 0 saturated carbocycles. The number of alkyl halides is 3. The Hall–Kier alpha value is -0.820. The summed E-state index contributed by atoms with van der Waals surface area (Å²) in [5.74, 6) is -1.21. The summed E-state index contributed by atoms with van der Waals surface area (Å²) in [4.78, 5) is 11.4. The van der Waals surface area contributed by atoms with E-state index in [4.69, 9.17) is 10.5 Å². The van der Waals surface area contributed by atoms with Crippen LogP contribution in [0.2, 0.25) is 0 Å². The van der Waals surface area contributed by atoms with E-state index in [9.17, 15) is 18.0 Å². The highest BCUT2D eigenvalue weighted by molar-refractivity contribution is 5.86. The SMILES string of the molecule is CC(N)(C(=O)NC1CCCOC1)C(F)(F)F. The minimum absolute atomic E-state index is 0.236. The van der Waals surface area contributed by atoms with Crippen molar-refractivity contribution in [3.05, 3.63) is 0 Å². The van der Waals surface area contributed by atoms with Gasteiger partial charge in [0.1, 0.15) is 0 Å². The molecule has 16 heavy (non-hydrogen) atoms. The molecule has 1 aliphatic heterocycles. The quantitative estimate of drug-likeness (QED) is 0.741. The zero-order valence-corrected chi connectivity index (χ0v) is 8.93. The predicted molar refractivity (Wildman–Crippen MR) is 50.6 cm³/mol. The molecule has 1 aliphatic rings. The number of carbonyl (C=O) groups is 1. The summed E-state index contributed by atoms with van der Waals surface area (Å²) in [5, 5.41) is 2.26. The molecule has 1 heterocycles. The molecule has 3 N–H and O–H groups in total. The Morgan fingerprint density at radius 2 is 2.12 bits per heavy atom. The van der Waals surface area contributed by atoms with Gasteiger partial charge in [-0.2, -0.15) is 13.2 Å². The lowest BCUT2D eigenvalue weighted by molar-refractivity contribution is -0.188. The van der Waals surface area contributed by atoms with Gasteiger partial charge in [0.2, 0.25) is 5.91 Å². The number of ether oxygens (including phenoxy) is 1. The number of hydrogen-bond acceptors (Lipinski definition) is 3. The van der Waals surface area contributed by atoms with Gasteiger partial charge >= 0.3 is 6.18 Å². The monoisotopic (exact) mass is 240 g/mol. The van der Waals surface area contributed by atoms with Gasteiger partial charge in [0, 0.05) is 6.61 Å². The van der Waals surface area contributed by atoms with Crippen LogP contribution in [0.5, 0.6) is 0 Å². The Morgan fingerprint density at radius 1 is 1.50 bits per heavy atom. The van der Waals surface area contributed by atoms with Crippen LogP contribution in [0.3, 0.4) is 0 Å². The first-order chi connectivity index (χ1) is 7.25. The van der Waals surface area contributed by atoms with Gasteiger partial charge in [0.15, 0.2) is 5.54 Å². The second-order valence-electron chi connectivity index (χ2n) is 4.09. The first kappa shape index (κ1) is 13.2. The molecule has 7 heteroatoms. The van der Waals surface area contributed by atoms with Crippen molar-refractivity contribution in [3.8, 4) is 0 Å². The van der Waals surface area contributed by atoms with Crippen molar-refractivity contribution in [2.45, 2.75) is 37.5 Å². The third-order valence-corrected chi connectivity index (χ3v) is 2.56. The lowest BCUT2D eigenvalue weighted by Crippen LogP contribution is -2.63. The zero-order valence-electron chi connectivity index (χ0n) is 8.93. The second kappa shape index (κ2) is 4.58. The Bertz CT molecular complexity index is 260. The highest BCUT2D eigenvalue weighted by atomic mass is 19.4. The minimum Gasteiger partial charge on any atom is -0.379 e. The van der Waals surface area contributed by atoms with E-state index in [0.717, 1.165) is 6.42 Å². The Balaban J connectivity index is 2.57. The molecular formula is C9H15F3N2O2. The smallest absolute Gasteiger partial charge is 0.379 e. The number of hydrogen-bond donors (Lipinski definition) is 2. The van der Waals surface area contributed by atoms with Crippen molar-refractivity contribution in [2.75, 3.05) is 13.2 Å². The number of nitrogens with two attached hydrogens (primary N) is 1. The van der Waals surface area contributed by atoms with E-state index in [1.165, 1.54) is 0 Å². The van der Waals surface area contributed by atoms with Crippen LogP contribution in [0.25, 0.3) is 0 Å². The van der Waals surface area contributed by atoms with Gasteiger partial charge in [-0.3, -0.25) is 4.79 Å². The van der Waals surface area contributed by atoms with Gasteiger partial charge in [-0.05, 0) is 19.8 Å². The van der Waals surface area contributed by atoms with Crippen molar-refractivity contribution >= 4 is 5.91 Å². The first-order valence-electron chi connectivity index (χ1n) is 4.99. The topological polar surface area (TPSA) is 64.4 Å². The average molecular weight is 240 g/mol. The number of rotatable bonds is 2. The third kappa shape index (κ3) is 2.85. The van der Waals surface area contributed by atoms with Crippen molar-refractivity contribution in [1.29, 1.82) is 0 Å². The molecule has 0 bridgehead atoms. The summed E-state index contributed by atoms with van der Waals surface area (Å²) in [6.07, 6.45) is -3.43. The lowest BCUT2D eigenvalue weighted by atomic mass is 10.0. The molecule has 0 radical (unpaired) electrons. The molecule has 0 aromatic carbocycles. The van der Waals surface area contributed by atoms with E-state index in [2.05, 4.69) is 5.32 Å². The third-order valence-electron chi connectivity index (χ3n) is 2.56. The maximum absolute atomic E-state index is 12.4. The molecular weight excluding hydrogens is 225 g/mol. The maximum Gasteiger partial charge on any atom is 0.415 e. The highest BCUT2D eigenvalue weighted by Crippen LogP contribution is 2.28. The van der Waals surface area contributed by atoms with Crippen molar-refractivity contribution in [2.24, 2.45) is 5.73 Å². The molecule has 0 aromatic heterocycles. The van der Waals surface area contributed by atoms with Crippen LogP contribution in [0.15, 0.2) is 0 Å². The molecule has 2 unspecified atom stereocenters. The Kier molecular flexibility index (Phi) is 3.80. The normalized spacial score (nSPS) is 25.9. The summed E-state index contributed by atoms with van der Waals surface area (Å²) in [5.41, 5.74) is 2.12. The molecule has 0 spiro atoms. The van der Waals surface area contributed by atoms with Crippen LogP contribution in [-0.4, -0.2) is 36.9 Å². The predicted octanol–water partition coefficient (Wildman–Crippen LogP) is 0.561. The first-order valence-corrected chi connectivity index (χ1v) is 4.99. The van der Waals surface area contributed by atoms with Crippen molar-refractivity contribution in [3.63, 3.8) is 0 Å². The molecule has 94 valence electrons. The fourth-order valence-electron chi connectivity index (χ4n) is 1.32. The molecule has 1 saturated heterocycles. The fourth-order valence-corrected chi connectivity index (χ4v) is 1.32. The fraction of sp³-hybridized carbons (Fsp3) is 0.889. The van der Waals surface area contributed by atoms with E-state index >= 15 is 0 Å². The van der Waals surface area contributed by atoms with Crippen LogP contribution in [0.1, 0.15) is 19.8 Å². The van der Waals surface area contributed by atoms with Crippen LogP contribution in [0.4, 0.5) is 13.2 Å². The van der Waals surface area contributed by atoms with Crippen molar-refractivity contribution < 1.29 is 22.7 Å². The zero-order chi connectivity index (χ0) is 12.4. The van der Waals surface area contributed by atoms with Crippen LogP contribution in [0, 0.1) is 0 Å². The van der Waals surface area contributed by atoms with E-state index in [0.29, 0.717) is 20.0 Å². The maximum atomic E-state index is 12.4. The largest absolute Gasteiger partial charge is 0.415 e. The highest BCUT2D eigenvalue weighted by Gasteiger charge is 2.54. The Morgan fingerprint density at radius 3 is 2.56 bits per heavy atom. The number of amides is 1. The van der Waals surface area contributed by atoms with E-state index in [1.807, 2.05) is 0 Å². The summed E-state index contributed by atoms with van der Waals surface area (Å²) in [7, 11) is 0. The van der Waals surface area contributed by atoms with Gasteiger partial charge in [-0.1, -0.05) is 0 Å². The van der Waals surface area contributed by atoms with Gasteiger partial charge in [-0.15, -0.1) is 0 Å². The summed E-state index contributed by atoms with van der Waals surface area (Å²) in [6, 6.07) is -0.383. The molecule has 4 nitrogen and oxygen atoms in total. The number of halogens is 3. The van der Waals surface area contributed by atoms with Gasteiger partial charge in [0.25, 0.3) is 0 Å². The van der Waals surface area contributed by atoms with Crippen molar-refractivity contribution in [1.82, 2.24) is 5.32 Å². The molecule has 2 atom stereocenters. The number of carbonyl (C=O) groups excluding carboxylic acids is 1. The minimum atomic E-state index is -4.76. The number of nitrogens with one attached hydrogen (secondary N) is 1. The molecule has 1 fully saturated rings. The van der Waals surface area contributed by atoms with Crippen LogP contribution in [-0.2, 0) is 9.53 Å². The average Bonchev–Trinajstić information content (AvgIpc) is 2.17. The molecule has 1 amide bonds. The van der Waals surface area contributed by atoms with Gasteiger partial charge < -0.3 is 15.8 Å². The van der Waals surface area contributed by atoms with E-state index in [1.54, 1.807) is 0 Å².